The highest BCUT2D eigenvalue weighted by molar-refractivity contribution is 5.69. The van der Waals surface area contributed by atoms with E-state index in [0.29, 0.717) is 32.7 Å². The Kier molecular flexibility index (Phi) is 7.24. The van der Waals surface area contributed by atoms with Gasteiger partial charge in [-0.3, -0.25) is 0 Å². The first-order valence-corrected chi connectivity index (χ1v) is 12.0. The summed E-state index contributed by atoms with van der Waals surface area (Å²) >= 11 is 0. The predicted molar refractivity (Wildman–Crippen MR) is 130 cm³/mol. The number of hydrogen-bond acceptors (Lipinski definition) is 6. The number of benzene rings is 1. The Balaban J connectivity index is 1.31. The number of carbonyl (C=O) groups excluding carboxylic acids is 2. The van der Waals surface area contributed by atoms with Gasteiger partial charge in [0.2, 0.25) is 0 Å². The normalized spacial score (nSPS) is 18.7. The summed E-state index contributed by atoms with van der Waals surface area (Å²) < 4.78 is 11.0. The van der Waals surface area contributed by atoms with Gasteiger partial charge in [-0.15, -0.1) is 0 Å². The molecule has 2 fully saturated rings. The first-order chi connectivity index (χ1) is 16.3. The van der Waals surface area contributed by atoms with E-state index >= 15 is 0 Å². The quantitative estimate of drug-likeness (QED) is 0.655. The topological polar surface area (TPSA) is 75.2 Å². The third-order valence-corrected chi connectivity index (χ3v) is 6.10. The lowest BCUT2D eigenvalue weighted by molar-refractivity contribution is 0.0240. The number of pyridine rings is 1. The molecule has 1 aromatic carbocycles. The van der Waals surface area contributed by atoms with Gasteiger partial charge in [-0.25, -0.2) is 14.6 Å². The Bertz CT molecular complexity index is 967. The summed E-state index contributed by atoms with van der Waals surface area (Å²) in [5.74, 6) is 0.879. The van der Waals surface area contributed by atoms with Crippen LogP contribution in [0.25, 0.3) is 0 Å². The van der Waals surface area contributed by atoms with Gasteiger partial charge in [-0.1, -0.05) is 36.4 Å². The van der Waals surface area contributed by atoms with Gasteiger partial charge in [-0.2, -0.15) is 0 Å². The molecule has 2 aliphatic rings. The van der Waals surface area contributed by atoms with Crippen LogP contribution in [0.1, 0.15) is 50.8 Å². The fourth-order valence-corrected chi connectivity index (χ4v) is 4.36. The second-order valence-electron chi connectivity index (χ2n) is 9.80. The highest BCUT2D eigenvalue weighted by atomic mass is 16.6. The van der Waals surface area contributed by atoms with Crippen LogP contribution in [-0.4, -0.2) is 65.3 Å². The minimum atomic E-state index is -0.492. The van der Waals surface area contributed by atoms with E-state index in [0.717, 1.165) is 29.8 Å². The Labute approximate surface area is 201 Å². The first-order valence-electron chi connectivity index (χ1n) is 12.0. The molecule has 8 nitrogen and oxygen atoms in total. The van der Waals surface area contributed by atoms with Crippen LogP contribution in [-0.2, 0) is 16.1 Å². The van der Waals surface area contributed by atoms with Gasteiger partial charge in [0, 0.05) is 38.9 Å². The molecule has 0 radical (unpaired) electrons. The van der Waals surface area contributed by atoms with Crippen molar-refractivity contribution >= 4 is 18.0 Å². The van der Waals surface area contributed by atoms with Crippen molar-refractivity contribution in [1.29, 1.82) is 0 Å². The molecule has 1 aromatic heterocycles. The number of rotatable bonds is 4. The summed E-state index contributed by atoms with van der Waals surface area (Å²) in [5.41, 5.74) is 1.50. The van der Waals surface area contributed by atoms with Crippen molar-refractivity contribution in [3.8, 4) is 0 Å². The van der Waals surface area contributed by atoms with Crippen molar-refractivity contribution in [2.24, 2.45) is 0 Å². The van der Waals surface area contributed by atoms with Crippen molar-refractivity contribution in [2.45, 2.75) is 51.9 Å². The van der Waals surface area contributed by atoms with E-state index in [9.17, 15) is 9.59 Å². The van der Waals surface area contributed by atoms with Crippen LogP contribution in [0.3, 0.4) is 0 Å². The molecule has 0 bridgehead atoms. The Morgan fingerprint density at radius 3 is 2.35 bits per heavy atom. The molecule has 2 aromatic rings. The fourth-order valence-electron chi connectivity index (χ4n) is 4.36. The Morgan fingerprint density at radius 1 is 0.971 bits per heavy atom. The molecule has 3 heterocycles. The van der Waals surface area contributed by atoms with E-state index in [2.05, 4.69) is 16.0 Å². The van der Waals surface area contributed by atoms with E-state index in [1.165, 1.54) is 0 Å². The molecule has 0 N–H and O–H groups in total. The summed E-state index contributed by atoms with van der Waals surface area (Å²) in [6, 6.07) is 13.8. The second kappa shape index (κ2) is 10.3. The Morgan fingerprint density at radius 2 is 1.71 bits per heavy atom. The summed E-state index contributed by atoms with van der Waals surface area (Å²) in [5, 5.41) is 0. The minimum absolute atomic E-state index is 0.0196. The van der Waals surface area contributed by atoms with Gasteiger partial charge in [0.05, 0.1) is 6.04 Å². The number of nitrogens with zero attached hydrogens (tertiary/aromatic N) is 4. The Hall–Kier alpha value is -3.29. The molecule has 2 aliphatic heterocycles. The number of piperazine rings is 1. The number of carbonyl (C=O) groups is 2. The third-order valence-electron chi connectivity index (χ3n) is 6.10. The molecule has 8 heteroatoms. The van der Waals surface area contributed by atoms with Crippen LogP contribution >= 0.6 is 0 Å². The average molecular weight is 467 g/mol. The van der Waals surface area contributed by atoms with Crippen LogP contribution < -0.4 is 4.90 Å². The number of likely N-dealkylation sites (tertiary alicyclic amines) is 1. The third kappa shape index (κ3) is 5.98. The zero-order valence-electron chi connectivity index (χ0n) is 20.3. The van der Waals surface area contributed by atoms with E-state index in [1.807, 2.05) is 63.4 Å². The van der Waals surface area contributed by atoms with Gasteiger partial charge in [0.15, 0.2) is 0 Å². The maximum atomic E-state index is 12.7. The molecular formula is C26H34N4O4. The van der Waals surface area contributed by atoms with Gasteiger partial charge >= 0.3 is 12.2 Å². The molecule has 0 spiro atoms. The van der Waals surface area contributed by atoms with Crippen LogP contribution in [0.15, 0.2) is 48.7 Å². The number of amides is 2. The van der Waals surface area contributed by atoms with Gasteiger partial charge < -0.3 is 24.2 Å². The van der Waals surface area contributed by atoms with Gasteiger partial charge in [-0.05, 0) is 50.8 Å². The average Bonchev–Trinajstić information content (AvgIpc) is 3.32. The first kappa shape index (κ1) is 23.9. The molecule has 1 unspecified atom stereocenters. The largest absolute Gasteiger partial charge is 0.445 e. The smallest absolute Gasteiger partial charge is 0.410 e. The minimum Gasteiger partial charge on any atom is -0.445 e. The highest BCUT2D eigenvalue weighted by Gasteiger charge is 2.32. The molecule has 4 rings (SSSR count). The summed E-state index contributed by atoms with van der Waals surface area (Å²) in [7, 11) is 0. The zero-order valence-corrected chi connectivity index (χ0v) is 20.3. The van der Waals surface area contributed by atoms with E-state index < -0.39 is 5.60 Å². The van der Waals surface area contributed by atoms with E-state index in [4.69, 9.17) is 9.47 Å². The van der Waals surface area contributed by atoms with Crippen molar-refractivity contribution in [1.82, 2.24) is 14.8 Å². The molecule has 0 saturated carbocycles. The SMILES string of the molecule is CC(C)(C)OC(=O)N1CCN(c2ccc(C3CCCN3C(=O)OCc3ccccc3)cn2)CC1. The van der Waals surface area contributed by atoms with Crippen molar-refractivity contribution in [3.05, 3.63) is 59.8 Å². The lowest BCUT2D eigenvalue weighted by Gasteiger charge is -2.36. The fraction of sp³-hybridized carbons (Fsp3) is 0.500. The molecule has 2 amide bonds. The highest BCUT2D eigenvalue weighted by Crippen LogP contribution is 2.33. The van der Waals surface area contributed by atoms with Crippen LogP contribution in [0, 0.1) is 0 Å². The second-order valence-corrected chi connectivity index (χ2v) is 9.80. The van der Waals surface area contributed by atoms with Crippen molar-refractivity contribution < 1.29 is 19.1 Å². The summed E-state index contributed by atoms with van der Waals surface area (Å²) in [4.78, 5) is 35.4. The van der Waals surface area contributed by atoms with Gasteiger partial charge in [0.25, 0.3) is 0 Å². The predicted octanol–water partition coefficient (Wildman–Crippen LogP) is 4.61. The van der Waals surface area contributed by atoms with Crippen LogP contribution in [0.5, 0.6) is 0 Å². The molecule has 0 aliphatic carbocycles. The lowest BCUT2D eigenvalue weighted by atomic mass is 10.1. The van der Waals surface area contributed by atoms with E-state index in [1.54, 1.807) is 9.80 Å². The van der Waals surface area contributed by atoms with Crippen molar-refractivity contribution in [3.63, 3.8) is 0 Å². The number of anilines is 1. The number of aromatic nitrogens is 1. The monoisotopic (exact) mass is 466 g/mol. The summed E-state index contributed by atoms with van der Waals surface area (Å²) in [6.07, 6.45) is 3.16. The molecular weight excluding hydrogens is 432 g/mol. The molecule has 34 heavy (non-hydrogen) atoms. The lowest BCUT2D eigenvalue weighted by Crippen LogP contribution is -2.50. The maximum absolute atomic E-state index is 12.7. The van der Waals surface area contributed by atoms with Gasteiger partial charge in [0.1, 0.15) is 18.0 Å². The number of ether oxygens (including phenoxy) is 2. The van der Waals surface area contributed by atoms with Crippen LogP contribution in [0.2, 0.25) is 0 Å². The molecule has 1 atom stereocenters. The standard InChI is InChI=1S/C26H34N4O4/c1-26(2,3)34-24(31)29-16-14-28(15-17-29)23-12-11-21(18-27-23)22-10-7-13-30(22)25(32)33-19-20-8-5-4-6-9-20/h4-6,8-9,11-12,18,22H,7,10,13-17,19H2,1-3H3. The number of hydrogen-bond donors (Lipinski definition) is 0. The molecule has 2 saturated heterocycles. The summed E-state index contributed by atoms with van der Waals surface area (Å²) in [6.45, 7) is 9.19. The van der Waals surface area contributed by atoms with E-state index in [-0.39, 0.29) is 24.8 Å². The molecule has 182 valence electrons. The van der Waals surface area contributed by atoms with Crippen molar-refractivity contribution in [2.75, 3.05) is 37.6 Å². The maximum Gasteiger partial charge on any atom is 0.410 e. The van der Waals surface area contributed by atoms with Crippen LogP contribution in [0.4, 0.5) is 15.4 Å². The zero-order chi connectivity index (χ0) is 24.1.